The molecule has 21 heavy (non-hydrogen) atoms. The zero-order valence-electron chi connectivity index (χ0n) is 11.4. The average molecular weight is 297 g/mol. The van der Waals surface area contributed by atoms with Gasteiger partial charge < -0.3 is 30.1 Å². The number of alkyl carbamates (subject to hydrolysis) is 1. The first kappa shape index (κ1) is 15.7. The molecular formula is C14H19NO6. The number of benzene rings is 1. The highest BCUT2D eigenvalue weighted by Gasteiger charge is 2.46. The standard InChI is InChI=1S/C14H19NO6/c16-7-11-13(21-11)12(18)10(17)6-15-14(19)20-8-9-4-2-1-3-5-9/h1-5,10-13,16-18H,6-8H2,(H,15,19)/t10-,11-,12+,13+/m0/s1. The molecule has 4 atom stereocenters. The van der Waals surface area contributed by atoms with E-state index >= 15 is 0 Å². The Bertz CT molecular complexity index is 454. The van der Waals surface area contributed by atoms with Crippen molar-refractivity contribution in [3.8, 4) is 0 Å². The summed E-state index contributed by atoms with van der Waals surface area (Å²) in [5, 5.41) is 30.6. The third kappa shape index (κ3) is 4.68. The molecule has 0 saturated carbocycles. The Hall–Kier alpha value is -1.67. The maximum Gasteiger partial charge on any atom is 0.407 e. The smallest absolute Gasteiger partial charge is 0.407 e. The first-order chi connectivity index (χ1) is 10.1. The minimum atomic E-state index is -1.18. The lowest BCUT2D eigenvalue weighted by atomic mass is 10.1. The van der Waals surface area contributed by atoms with Gasteiger partial charge in [-0.25, -0.2) is 4.79 Å². The molecule has 1 amide bonds. The average Bonchev–Trinajstić information content (AvgIpc) is 3.30. The summed E-state index contributed by atoms with van der Waals surface area (Å²) in [6.45, 7) is -0.239. The van der Waals surface area contributed by atoms with Crippen LogP contribution in [0.5, 0.6) is 0 Å². The quantitative estimate of drug-likeness (QED) is 0.500. The Kier molecular flexibility index (Phi) is 5.51. The van der Waals surface area contributed by atoms with Crippen LogP contribution >= 0.6 is 0 Å². The van der Waals surface area contributed by atoms with Gasteiger partial charge in [-0.1, -0.05) is 30.3 Å². The van der Waals surface area contributed by atoms with E-state index in [1.807, 2.05) is 30.3 Å². The molecule has 1 aliphatic rings. The van der Waals surface area contributed by atoms with Crippen LogP contribution in [0.15, 0.2) is 30.3 Å². The number of nitrogens with one attached hydrogen (secondary N) is 1. The Morgan fingerprint density at radius 3 is 2.67 bits per heavy atom. The normalized spacial score (nSPS) is 23.2. The molecule has 0 unspecified atom stereocenters. The number of aliphatic hydroxyl groups is 3. The molecule has 7 heteroatoms. The largest absolute Gasteiger partial charge is 0.445 e. The van der Waals surface area contributed by atoms with Crippen molar-refractivity contribution in [3.63, 3.8) is 0 Å². The van der Waals surface area contributed by atoms with Crippen molar-refractivity contribution in [2.75, 3.05) is 13.2 Å². The first-order valence-electron chi connectivity index (χ1n) is 6.69. The van der Waals surface area contributed by atoms with Gasteiger partial charge in [0.25, 0.3) is 0 Å². The topological polar surface area (TPSA) is 112 Å². The zero-order chi connectivity index (χ0) is 15.2. The highest BCUT2D eigenvalue weighted by atomic mass is 16.6. The molecule has 0 aliphatic carbocycles. The second kappa shape index (κ2) is 7.37. The van der Waals surface area contributed by atoms with Crippen LogP contribution in [-0.2, 0) is 16.1 Å². The number of hydrogen-bond donors (Lipinski definition) is 4. The van der Waals surface area contributed by atoms with Crippen molar-refractivity contribution < 1.29 is 29.6 Å². The van der Waals surface area contributed by atoms with E-state index in [4.69, 9.17) is 14.6 Å². The van der Waals surface area contributed by atoms with Gasteiger partial charge in [0.2, 0.25) is 0 Å². The van der Waals surface area contributed by atoms with Crippen LogP contribution < -0.4 is 5.32 Å². The lowest BCUT2D eigenvalue weighted by Gasteiger charge is -2.16. The van der Waals surface area contributed by atoms with E-state index in [-0.39, 0.29) is 19.8 Å². The van der Waals surface area contributed by atoms with Gasteiger partial charge in [0.15, 0.2) is 0 Å². The van der Waals surface area contributed by atoms with Gasteiger partial charge in [-0.2, -0.15) is 0 Å². The second-order valence-corrected chi connectivity index (χ2v) is 4.82. The summed E-state index contributed by atoms with van der Waals surface area (Å²) in [7, 11) is 0. The van der Waals surface area contributed by atoms with E-state index in [1.54, 1.807) is 0 Å². The molecule has 0 radical (unpaired) electrons. The van der Waals surface area contributed by atoms with E-state index in [1.165, 1.54) is 0 Å². The molecule has 1 aliphatic heterocycles. The number of rotatable bonds is 7. The second-order valence-electron chi connectivity index (χ2n) is 4.82. The molecule has 116 valence electrons. The molecule has 1 aromatic rings. The molecule has 2 rings (SSSR count). The summed E-state index contributed by atoms with van der Waals surface area (Å²) in [5.74, 6) is 0. The summed E-state index contributed by atoms with van der Waals surface area (Å²) < 4.78 is 9.92. The number of hydrogen-bond acceptors (Lipinski definition) is 6. The monoisotopic (exact) mass is 297 g/mol. The summed E-state index contributed by atoms with van der Waals surface area (Å²) in [5.41, 5.74) is 0.852. The summed E-state index contributed by atoms with van der Waals surface area (Å²) in [6.07, 6.45) is -4.06. The van der Waals surface area contributed by atoms with Crippen LogP contribution in [-0.4, -0.2) is 59.0 Å². The van der Waals surface area contributed by atoms with Gasteiger partial charge in [0.1, 0.15) is 24.9 Å². The van der Waals surface area contributed by atoms with Gasteiger partial charge in [-0.15, -0.1) is 0 Å². The van der Waals surface area contributed by atoms with Gasteiger partial charge in [-0.05, 0) is 5.56 Å². The minimum absolute atomic E-state index is 0.129. The predicted molar refractivity (Wildman–Crippen MR) is 72.4 cm³/mol. The molecule has 0 bridgehead atoms. The predicted octanol–water partition coefficient (Wildman–Crippen LogP) is -0.606. The van der Waals surface area contributed by atoms with Crippen molar-refractivity contribution in [2.45, 2.75) is 31.0 Å². The fraction of sp³-hybridized carbons (Fsp3) is 0.500. The number of amides is 1. The fourth-order valence-corrected chi connectivity index (χ4v) is 1.91. The number of epoxide rings is 1. The van der Waals surface area contributed by atoms with Crippen LogP contribution in [0.1, 0.15) is 5.56 Å². The summed E-state index contributed by atoms with van der Waals surface area (Å²) in [6, 6.07) is 9.19. The number of carbonyl (C=O) groups is 1. The molecule has 1 heterocycles. The Balaban J connectivity index is 1.64. The van der Waals surface area contributed by atoms with Gasteiger partial charge in [0, 0.05) is 6.54 Å². The number of carbonyl (C=O) groups excluding carboxylic acids is 1. The van der Waals surface area contributed by atoms with Crippen molar-refractivity contribution in [1.82, 2.24) is 5.32 Å². The third-order valence-electron chi connectivity index (χ3n) is 3.20. The molecule has 4 N–H and O–H groups in total. The molecule has 7 nitrogen and oxygen atoms in total. The van der Waals surface area contributed by atoms with Crippen LogP contribution in [0, 0.1) is 0 Å². The summed E-state index contributed by atoms with van der Waals surface area (Å²) in [4.78, 5) is 11.5. The molecule has 0 spiro atoms. The number of ether oxygens (including phenoxy) is 2. The van der Waals surface area contributed by atoms with Crippen LogP contribution in [0.4, 0.5) is 4.79 Å². The lowest BCUT2D eigenvalue weighted by molar-refractivity contribution is 0.00336. The Labute approximate surface area is 122 Å². The fourth-order valence-electron chi connectivity index (χ4n) is 1.91. The van der Waals surface area contributed by atoms with E-state index in [9.17, 15) is 15.0 Å². The van der Waals surface area contributed by atoms with Crippen molar-refractivity contribution in [3.05, 3.63) is 35.9 Å². The van der Waals surface area contributed by atoms with Gasteiger partial charge in [0.05, 0.1) is 12.7 Å². The molecular weight excluding hydrogens is 278 g/mol. The van der Waals surface area contributed by atoms with Crippen LogP contribution in [0.2, 0.25) is 0 Å². The van der Waals surface area contributed by atoms with Crippen LogP contribution in [0.3, 0.4) is 0 Å². The Morgan fingerprint density at radius 2 is 2.05 bits per heavy atom. The van der Waals surface area contributed by atoms with Crippen LogP contribution in [0.25, 0.3) is 0 Å². The maximum atomic E-state index is 11.5. The summed E-state index contributed by atoms with van der Waals surface area (Å²) >= 11 is 0. The highest BCUT2D eigenvalue weighted by molar-refractivity contribution is 5.67. The number of aliphatic hydroxyl groups excluding tert-OH is 3. The SMILES string of the molecule is O=C(NC[C@H](O)[C@@H](O)[C@@H]1O[C@H]1CO)OCc1ccccc1. The zero-order valence-corrected chi connectivity index (χ0v) is 11.4. The van der Waals surface area contributed by atoms with Gasteiger partial charge in [-0.3, -0.25) is 0 Å². The van der Waals surface area contributed by atoms with Gasteiger partial charge >= 0.3 is 6.09 Å². The van der Waals surface area contributed by atoms with Crippen molar-refractivity contribution in [1.29, 1.82) is 0 Å². The van der Waals surface area contributed by atoms with E-state index in [0.717, 1.165) is 5.56 Å². The van der Waals surface area contributed by atoms with E-state index < -0.39 is 30.5 Å². The first-order valence-corrected chi connectivity index (χ1v) is 6.69. The lowest BCUT2D eigenvalue weighted by Crippen LogP contribution is -2.42. The molecule has 1 fully saturated rings. The van der Waals surface area contributed by atoms with Crippen molar-refractivity contribution >= 4 is 6.09 Å². The third-order valence-corrected chi connectivity index (χ3v) is 3.20. The highest BCUT2D eigenvalue weighted by Crippen LogP contribution is 2.26. The maximum absolute atomic E-state index is 11.5. The Morgan fingerprint density at radius 1 is 1.33 bits per heavy atom. The molecule has 0 aromatic heterocycles. The van der Waals surface area contributed by atoms with E-state index in [0.29, 0.717) is 0 Å². The minimum Gasteiger partial charge on any atom is -0.445 e. The van der Waals surface area contributed by atoms with E-state index in [2.05, 4.69) is 5.32 Å². The molecule has 1 aromatic carbocycles. The molecule has 1 saturated heterocycles. The van der Waals surface area contributed by atoms with Crippen molar-refractivity contribution in [2.24, 2.45) is 0 Å².